The molecule has 1 heterocycles. The van der Waals surface area contributed by atoms with Gasteiger partial charge in [0.25, 0.3) is 0 Å². The molecule has 0 spiro atoms. The molecule has 0 atom stereocenters. The van der Waals surface area contributed by atoms with E-state index in [0.717, 1.165) is 28.3 Å². The van der Waals surface area contributed by atoms with Crippen LogP contribution in [0.2, 0.25) is 0 Å². The van der Waals surface area contributed by atoms with Crippen LogP contribution in [0.4, 0.5) is 5.69 Å². The number of nitrogens with one attached hydrogen (secondary N) is 1. The lowest BCUT2D eigenvalue weighted by Gasteiger charge is -2.13. The van der Waals surface area contributed by atoms with E-state index in [4.69, 9.17) is 9.15 Å². The number of hydrogen-bond donors (Lipinski definition) is 1. The van der Waals surface area contributed by atoms with E-state index >= 15 is 0 Å². The van der Waals surface area contributed by atoms with E-state index in [1.807, 2.05) is 49.4 Å². The zero-order chi connectivity index (χ0) is 16.1. The summed E-state index contributed by atoms with van der Waals surface area (Å²) in [7, 11) is 1.65. The first-order chi connectivity index (χ1) is 11.3. The Hall–Kier alpha value is -3.01. The van der Waals surface area contributed by atoms with E-state index in [9.17, 15) is 0 Å². The van der Waals surface area contributed by atoms with E-state index < -0.39 is 0 Å². The first-order valence-corrected chi connectivity index (χ1v) is 7.37. The van der Waals surface area contributed by atoms with Gasteiger partial charge in [-0.3, -0.25) is 0 Å². The summed E-state index contributed by atoms with van der Waals surface area (Å²) in [5, 5.41) is 3.43. The molecule has 3 aromatic rings. The lowest BCUT2D eigenvalue weighted by atomic mass is 10.1. The average molecular weight is 306 g/mol. The Morgan fingerprint density at radius 1 is 1.17 bits per heavy atom. The van der Waals surface area contributed by atoms with Gasteiger partial charge in [-0.2, -0.15) is 0 Å². The van der Waals surface area contributed by atoms with Crippen molar-refractivity contribution in [2.75, 3.05) is 12.4 Å². The number of ether oxygens (including phenoxy) is 1. The van der Waals surface area contributed by atoms with Crippen molar-refractivity contribution < 1.29 is 9.15 Å². The minimum atomic E-state index is 0.683. The van der Waals surface area contributed by atoms with E-state index in [0.29, 0.717) is 5.76 Å². The number of allylic oxidation sites excluding steroid dienone is 1. The molecule has 1 aromatic heterocycles. The Bertz CT molecular complexity index is 794. The predicted molar refractivity (Wildman–Crippen MR) is 92.2 cm³/mol. The van der Waals surface area contributed by atoms with Gasteiger partial charge in [0.1, 0.15) is 5.75 Å². The van der Waals surface area contributed by atoms with Gasteiger partial charge < -0.3 is 14.5 Å². The van der Waals surface area contributed by atoms with Crippen LogP contribution < -0.4 is 10.1 Å². The van der Waals surface area contributed by atoms with Gasteiger partial charge in [-0.1, -0.05) is 36.4 Å². The van der Waals surface area contributed by atoms with Crippen molar-refractivity contribution in [3.05, 3.63) is 72.8 Å². The first kappa shape index (κ1) is 14.9. The molecule has 2 aromatic carbocycles. The summed E-state index contributed by atoms with van der Waals surface area (Å²) >= 11 is 0. The molecule has 3 rings (SSSR count). The number of anilines is 1. The highest BCUT2D eigenvalue weighted by Gasteiger charge is 2.10. The molecule has 0 fully saturated rings. The average Bonchev–Trinajstić information content (AvgIpc) is 3.14. The molecule has 23 heavy (non-hydrogen) atoms. The fourth-order valence-corrected chi connectivity index (χ4v) is 2.41. The maximum Gasteiger partial charge on any atom is 0.181 e. The third kappa shape index (κ3) is 3.26. The third-order valence-electron chi connectivity index (χ3n) is 3.55. The smallest absolute Gasteiger partial charge is 0.181 e. The molecule has 0 bridgehead atoms. The van der Waals surface area contributed by atoms with Crippen LogP contribution in [-0.2, 0) is 0 Å². The Kier molecular flexibility index (Phi) is 4.43. The molecule has 4 heteroatoms. The van der Waals surface area contributed by atoms with Gasteiger partial charge >= 0.3 is 0 Å². The second-order valence-corrected chi connectivity index (χ2v) is 4.97. The van der Waals surface area contributed by atoms with Gasteiger partial charge in [-0.25, -0.2) is 4.98 Å². The molecule has 0 aliphatic carbocycles. The Morgan fingerprint density at radius 2 is 2.00 bits per heavy atom. The Morgan fingerprint density at radius 3 is 2.65 bits per heavy atom. The van der Waals surface area contributed by atoms with Crippen LogP contribution in [0.15, 0.2) is 71.6 Å². The molecular weight excluding hydrogens is 288 g/mol. The lowest BCUT2D eigenvalue weighted by molar-refractivity contribution is 0.415. The second-order valence-electron chi connectivity index (χ2n) is 4.97. The van der Waals surface area contributed by atoms with Crippen LogP contribution in [-0.4, -0.2) is 12.1 Å². The zero-order valence-corrected chi connectivity index (χ0v) is 13.1. The van der Waals surface area contributed by atoms with Gasteiger partial charge in [0, 0.05) is 17.5 Å². The largest absolute Gasteiger partial charge is 0.496 e. The highest BCUT2D eigenvalue weighted by atomic mass is 16.5. The monoisotopic (exact) mass is 306 g/mol. The highest BCUT2D eigenvalue weighted by molar-refractivity contribution is 5.79. The van der Waals surface area contributed by atoms with Crippen LogP contribution in [0, 0.1) is 0 Å². The molecule has 0 aliphatic rings. The summed E-state index contributed by atoms with van der Waals surface area (Å²) in [6.07, 6.45) is 5.13. The number of nitrogens with zero attached hydrogens (tertiary/aromatic N) is 1. The van der Waals surface area contributed by atoms with Crippen LogP contribution in [0.3, 0.4) is 0 Å². The van der Waals surface area contributed by atoms with Crippen LogP contribution in [0.1, 0.15) is 12.5 Å². The molecule has 0 radical (unpaired) electrons. The predicted octanol–water partition coefficient (Wildman–Crippen LogP) is 4.82. The van der Waals surface area contributed by atoms with Crippen molar-refractivity contribution in [3.63, 3.8) is 0 Å². The molecule has 0 amide bonds. The summed E-state index contributed by atoms with van der Waals surface area (Å²) in [5.41, 5.74) is 3.99. The van der Waals surface area contributed by atoms with E-state index in [1.54, 1.807) is 13.3 Å². The fourth-order valence-electron chi connectivity index (χ4n) is 2.41. The Balaban J connectivity index is 1.89. The third-order valence-corrected chi connectivity index (χ3v) is 3.55. The molecule has 116 valence electrons. The van der Waals surface area contributed by atoms with Crippen molar-refractivity contribution in [3.8, 4) is 17.1 Å². The van der Waals surface area contributed by atoms with Crippen molar-refractivity contribution in [2.24, 2.45) is 0 Å². The molecule has 0 saturated heterocycles. The summed E-state index contributed by atoms with van der Waals surface area (Å²) in [6.45, 7) is 2.01. The molecule has 0 aliphatic heterocycles. The van der Waals surface area contributed by atoms with Crippen LogP contribution in [0.25, 0.3) is 17.0 Å². The molecular formula is C19H18N2O2. The van der Waals surface area contributed by atoms with Crippen LogP contribution in [0.5, 0.6) is 5.75 Å². The lowest BCUT2D eigenvalue weighted by Crippen LogP contribution is -1.99. The first-order valence-electron chi connectivity index (χ1n) is 7.37. The number of aromatic nitrogens is 1. The van der Waals surface area contributed by atoms with Crippen molar-refractivity contribution >= 4 is 11.4 Å². The quantitative estimate of drug-likeness (QED) is 0.734. The number of methoxy groups -OCH3 is 1. The number of benzene rings is 2. The van der Waals surface area contributed by atoms with Gasteiger partial charge in [-0.15, -0.1) is 0 Å². The number of rotatable bonds is 5. The molecule has 4 nitrogen and oxygen atoms in total. The minimum Gasteiger partial charge on any atom is -0.496 e. The van der Waals surface area contributed by atoms with E-state index in [-0.39, 0.29) is 0 Å². The topological polar surface area (TPSA) is 47.3 Å². The SMILES string of the molecule is CC=C(Nc1ccc(-c2cnco2)c(OC)c1)c1ccccc1. The molecule has 1 N–H and O–H groups in total. The Labute approximate surface area is 135 Å². The summed E-state index contributed by atoms with van der Waals surface area (Å²) in [6, 6.07) is 16.1. The van der Waals surface area contributed by atoms with E-state index in [1.165, 1.54) is 6.39 Å². The summed E-state index contributed by atoms with van der Waals surface area (Å²) in [4.78, 5) is 3.95. The summed E-state index contributed by atoms with van der Waals surface area (Å²) < 4.78 is 10.8. The minimum absolute atomic E-state index is 0.683. The second kappa shape index (κ2) is 6.83. The maximum atomic E-state index is 5.48. The standard InChI is InChI=1S/C19H18N2O2/c1-3-17(14-7-5-4-6-8-14)21-15-9-10-16(18(11-15)22-2)19-12-20-13-23-19/h3-13,21H,1-2H3. The fraction of sp³-hybridized carbons (Fsp3) is 0.105. The van der Waals surface area contributed by atoms with Gasteiger partial charge in [-0.05, 0) is 24.6 Å². The van der Waals surface area contributed by atoms with Gasteiger partial charge in [0.05, 0.1) is 18.9 Å². The van der Waals surface area contributed by atoms with Crippen molar-refractivity contribution in [2.45, 2.75) is 6.92 Å². The maximum absolute atomic E-state index is 5.48. The van der Waals surface area contributed by atoms with Crippen LogP contribution >= 0.6 is 0 Å². The van der Waals surface area contributed by atoms with Crippen molar-refractivity contribution in [1.82, 2.24) is 4.98 Å². The number of oxazole rings is 1. The van der Waals surface area contributed by atoms with Gasteiger partial charge in [0.2, 0.25) is 0 Å². The van der Waals surface area contributed by atoms with Crippen molar-refractivity contribution in [1.29, 1.82) is 0 Å². The zero-order valence-electron chi connectivity index (χ0n) is 13.1. The van der Waals surface area contributed by atoms with E-state index in [2.05, 4.69) is 22.4 Å². The van der Waals surface area contributed by atoms with Gasteiger partial charge in [0.15, 0.2) is 12.2 Å². The number of hydrogen-bond acceptors (Lipinski definition) is 4. The highest BCUT2D eigenvalue weighted by Crippen LogP contribution is 2.33. The summed E-state index contributed by atoms with van der Waals surface area (Å²) in [5.74, 6) is 1.41. The normalized spacial score (nSPS) is 11.3. The molecule has 0 saturated carbocycles. The molecule has 0 unspecified atom stereocenters.